The highest BCUT2D eigenvalue weighted by Gasteiger charge is 2.09. The van der Waals surface area contributed by atoms with Gasteiger partial charge in [0, 0.05) is 0 Å². The normalized spacial score (nSPS) is 12.7. The van der Waals surface area contributed by atoms with Gasteiger partial charge in [-0.1, -0.05) is 7.43 Å². The molecule has 0 saturated carbocycles. The zero-order valence-corrected chi connectivity index (χ0v) is 7.61. The molecule has 0 amide bonds. The van der Waals surface area contributed by atoms with Gasteiger partial charge in [-0.25, -0.2) is 0 Å². The van der Waals surface area contributed by atoms with E-state index in [1.54, 1.807) is 0 Å². The van der Waals surface area contributed by atoms with Crippen LogP contribution in [0.5, 0.6) is 0 Å². The van der Waals surface area contributed by atoms with E-state index in [1.165, 1.54) is 0 Å². The second-order valence-corrected chi connectivity index (χ2v) is 3.06. The Morgan fingerprint density at radius 1 is 1.46 bits per heavy atom. The summed E-state index contributed by atoms with van der Waals surface area (Å²) < 4.78 is 5.27. The molecule has 13 heavy (non-hydrogen) atoms. The molecule has 1 rings (SSSR count). The molecule has 5 nitrogen and oxygen atoms in total. The van der Waals surface area contributed by atoms with Crippen molar-refractivity contribution in [2.24, 2.45) is 5.73 Å². The standard InChI is InChI=1S/C7H14N4O.CH4/c1-5(8)7-10-9-6(12-7)4-11(2)3;/h5H,4,8H2,1-3H3;1H4/t5-;/m0./s1. The molecule has 1 atom stereocenters. The average molecular weight is 186 g/mol. The number of hydrogen-bond acceptors (Lipinski definition) is 5. The monoisotopic (exact) mass is 186 g/mol. The Kier molecular flexibility index (Phi) is 4.58. The molecule has 1 aromatic heterocycles. The highest BCUT2D eigenvalue weighted by atomic mass is 16.4. The first kappa shape index (κ1) is 12.1. The van der Waals surface area contributed by atoms with Gasteiger partial charge in [-0.3, -0.25) is 0 Å². The third kappa shape index (κ3) is 3.52. The van der Waals surface area contributed by atoms with Crippen molar-refractivity contribution in [1.82, 2.24) is 15.1 Å². The van der Waals surface area contributed by atoms with Crippen LogP contribution in [0.1, 0.15) is 32.2 Å². The molecule has 0 aliphatic heterocycles. The van der Waals surface area contributed by atoms with Crippen molar-refractivity contribution in [3.05, 3.63) is 11.8 Å². The van der Waals surface area contributed by atoms with Crippen LogP contribution in [-0.2, 0) is 6.54 Å². The van der Waals surface area contributed by atoms with Crippen LogP contribution in [0.2, 0.25) is 0 Å². The average Bonchev–Trinajstić information content (AvgIpc) is 2.34. The smallest absolute Gasteiger partial charge is 0.232 e. The molecule has 5 heteroatoms. The fraction of sp³-hybridized carbons (Fsp3) is 0.750. The Balaban J connectivity index is 0.00000144. The van der Waals surface area contributed by atoms with Gasteiger partial charge in [0.15, 0.2) is 0 Å². The summed E-state index contributed by atoms with van der Waals surface area (Å²) in [7, 11) is 3.88. The largest absolute Gasteiger partial charge is 0.422 e. The van der Waals surface area contributed by atoms with E-state index in [9.17, 15) is 0 Å². The minimum atomic E-state index is -0.187. The van der Waals surface area contributed by atoms with Gasteiger partial charge in [0.25, 0.3) is 0 Å². The maximum absolute atomic E-state index is 5.55. The van der Waals surface area contributed by atoms with Gasteiger partial charge in [0.2, 0.25) is 11.8 Å². The maximum Gasteiger partial charge on any atom is 0.232 e. The van der Waals surface area contributed by atoms with Gasteiger partial charge >= 0.3 is 0 Å². The highest BCUT2D eigenvalue weighted by molar-refractivity contribution is 4.85. The molecule has 2 N–H and O–H groups in total. The van der Waals surface area contributed by atoms with E-state index in [1.807, 2.05) is 25.9 Å². The molecular weight excluding hydrogens is 168 g/mol. The van der Waals surface area contributed by atoms with Gasteiger partial charge in [-0.15, -0.1) is 10.2 Å². The van der Waals surface area contributed by atoms with Crippen LogP contribution in [0, 0.1) is 0 Å². The predicted molar refractivity (Wildman–Crippen MR) is 51.0 cm³/mol. The molecule has 0 fully saturated rings. The lowest BCUT2D eigenvalue weighted by atomic mass is 10.4. The quantitative estimate of drug-likeness (QED) is 0.755. The third-order valence-electron chi connectivity index (χ3n) is 1.32. The second kappa shape index (κ2) is 4.94. The first-order valence-electron chi connectivity index (χ1n) is 3.82. The Morgan fingerprint density at radius 2 is 2.08 bits per heavy atom. The van der Waals surface area contributed by atoms with E-state index >= 15 is 0 Å². The van der Waals surface area contributed by atoms with Gasteiger partial charge in [-0.05, 0) is 21.0 Å². The van der Waals surface area contributed by atoms with Crippen LogP contribution in [0.3, 0.4) is 0 Å². The Bertz CT molecular complexity index is 244. The van der Waals surface area contributed by atoms with Crippen LogP contribution in [0.25, 0.3) is 0 Å². The molecule has 0 spiro atoms. The molecule has 0 unspecified atom stereocenters. The summed E-state index contributed by atoms with van der Waals surface area (Å²) in [5.41, 5.74) is 5.55. The second-order valence-electron chi connectivity index (χ2n) is 3.06. The zero-order chi connectivity index (χ0) is 9.14. The SMILES string of the molecule is C.C[C@H](N)c1nnc(CN(C)C)o1. The number of aromatic nitrogens is 2. The number of nitrogens with zero attached hydrogens (tertiary/aromatic N) is 3. The summed E-state index contributed by atoms with van der Waals surface area (Å²) in [5.74, 6) is 1.10. The topological polar surface area (TPSA) is 68.2 Å². The predicted octanol–water partition coefficient (Wildman–Crippen LogP) is 0.787. The van der Waals surface area contributed by atoms with Crippen LogP contribution in [0.4, 0.5) is 0 Å². The van der Waals surface area contributed by atoms with Gasteiger partial charge in [0.05, 0.1) is 12.6 Å². The molecule has 0 aliphatic carbocycles. The fourth-order valence-electron chi connectivity index (χ4n) is 0.785. The Hall–Kier alpha value is -0.940. The number of rotatable bonds is 3. The summed E-state index contributed by atoms with van der Waals surface area (Å²) in [6.07, 6.45) is 0. The minimum Gasteiger partial charge on any atom is -0.422 e. The van der Waals surface area contributed by atoms with Gasteiger partial charge < -0.3 is 15.1 Å². The van der Waals surface area contributed by atoms with E-state index < -0.39 is 0 Å². The van der Waals surface area contributed by atoms with Crippen LogP contribution >= 0.6 is 0 Å². The summed E-state index contributed by atoms with van der Waals surface area (Å²) >= 11 is 0. The van der Waals surface area contributed by atoms with Crippen molar-refractivity contribution < 1.29 is 4.42 Å². The van der Waals surface area contributed by atoms with E-state index in [0.717, 1.165) is 0 Å². The van der Waals surface area contributed by atoms with Crippen molar-refractivity contribution in [1.29, 1.82) is 0 Å². The maximum atomic E-state index is 5.55. The molecule has 0 aliphatic rings. The van der Waals surface area contributed by atoms with Crippen LogP contribution in [-0.4, -0.2) is 29.2 Å². The summed E-state index contributed by atoms with van der Waals surface area (Å²) in [5, 5.41) is 7.64. The minimum absolute atomic E-state index is 0. The van der Waals surface area contributed by atoms with Crippen molar-refractivity contribution in [2.75, 3.05) is 14.1 Å². The molecule has 1 heterocycles. The van der Waals surface area contributed by atoms with E-state index in [0.29, 0.717) is 18.3 Å². The molecule has 0 aromatic carbocycles. The Morgan fingerprint density at radius 3 is 2.46 bits per heavy atom. The molecule has 0 bridgehead atoms. The first-order chi connectivity index (χ1) is 5.59. The van der Waals surface area contributed by atoms with Crippen molar-refractivity contribution in [3.8, 4) is 0 Å². The Labute approximate surface area is 78.9 Å². The van der Waals surface area contributed by atoms with E-state index in [-0.39, 0.29) is 13.5 Å². The molecular formula is C8H18N4O. The first-order valence-corrected chi connectivity index (χ1v) is 3.82. The van der Waals surface area contributed by atoms with Crippen molar-refractivity contribution in [2.45, 2.75) is 26.9 Å². The highest BCUT2D eigenvalue weighted by Crippen LogP contribution is 2.07. The zero-order valence-electron chi connectivity index (χ0n) is 7.61. The third-order valence-corrected chi connectivity index (χ3v) is 1.32. The van der Waals surface area contributed by atoms with Gasteiger partial charge in [0.1, 0.15) is 0 Å². The lowest BCUT2D eigenvalue weighted by Gasteiger charge is -2.03. The van der Waals surface area contributed by atoms with Crippen LogP contribution < -0.4 is 5.73 Å². The van der Waals surface area contributed by atoms with E-state index in [4.69, 9.17) is 10.2 Å². The van der Waals surface area contributed by atoms with Gasteiger partial charge in [-0.2, -0.15) is 0 Å². The summed E-state index contributed by atoms with van der Waals surface area (Å²) in [6.45, 7) is 2.46. The number of hydrogen-bond donors (Lipinski definition) is 1. The molecule has 0 radical (unpaired) electrons. The van der Waals surface area contributed by atoms with Crippen LogP contribution in [0.15, 0.2) is 4.42 Å². The lowest BCUT2D eigenvalue weighted by Crippen LogP contribution is -2.10. The van der Waals surface area contributed by atoms with Crippen molar-refractivity contribution >= 4 is 0 Å². The molecule has 1 aromatic rings. The van der Waals surface area contributed by atoms with E-state index in [2.05, 4.69) is 10.2 Å². The number of nitrogens with two attached hydrogens (primary N) is 1. The van der Waals surface area contributed by atoms with Crippen molar-refractivity contribution in [3.63, 3.8) is 0 Å². The summed E-state index contributed by atoms with van der Waals surface area (Å²) in [6, 6.07) is -0.187. The lowest BCUT2D eigenvalue weighted by molar-refractivity contribution is 0.328. The molecule has 0 saturated heterocycles. The summed E-state index contributed by atoms with van der Waals surface area (Å²) in [4.78, 5) is 1.96. The fourth-order valence-corrected chi connectivity index (χ4v) is 0.785. The molecule has 76 valence electrons.